The molecule has 0 heterocycles. The first kappa shape index (κ1) is 20.4. The number of rotatable bonds is 5. The maximum atomic E-state index is 12.0. The van der Waals surface area contributed by atoms with Crippen LogP contribution < -0.4 is 10.6 Å². The normalized spacial score (nSPS) is 12.4. The maximum Gasteiger partial charge on any atom is 0.408 e. The topological polar surface area (TPSA) is 87.7 Å². The summed E-state index contributed by atoms with van der Waals surface area (Å²) in [6.07, 6.45) is -0.179. The monoisotopic (exact) mass is 376 g/mol. The first-order valence-electron chi connectivity index (χ1n) is 7.47. The lowest BCUT2D eigenvalue weighted by Crippen LogP contribution is -2.40. The van der Waals surface area contributed by atoms with Gasteiger partial charge in [0.2, 0.25) is 5.91 Å². The van der Waals surface area contributed by atoms with Crippen LogP contribution in [0.15, 0.2) is 12.1 Å². The van der Waals surface area contributed by atoms with Gasteiger partial charge in [-0.1, -0.05) is 30.1 Å². The molecule has 0 aliphatic rings. The minimum absolute atomic E-state index is 0.108. The number of hydrogen-bond acceptors (Lipinski definition) is 4. The highest BCUT2D eigenvalue weighted by molar-refractivity contribution is 6.35. The van der Waals surface area contributed by atoms with Crippen molar-refractivity contribution in [3.05, 3.63) is 27.7 Å². The van der Waals surface area contributed by atoms with E-state index in [1.165, 1.54) is 6.07 Å². The summed E-state index contributed by atoms with van der Waals surface area (Å²) in [4.78, 5) is 23.6. The van der Waals surface area contributed by atoms with Gasteiger partial charge in [-0.05, 0) is 39.3 Å². The van der Waals surface area contributed by atoms with Crippen molar-refractivity contribution >= 4 is 35.2 Å². The minimum atomic E-state index is -0.681. The molecule has 2 amide bonds. The molecule has 0 unspecified atom stereocenters. The molecule has 1 atom stereocenters. The first-order chi connectivity index (χ1) is 11.0. The largest absolute Gasteiger partial charge is 0.506 e. The lowest BCUT2D eigenvalue weighted by Gasteiger charge is -2.21. The Labute approximate surface area is 151 Å². The van der Waals surface area contributed by atoms with Crippen LogP contribution in [0.3, 0.4) is 0 Å². The van der Waals surface area contributed by atoms with Gasteiger partial charge in [0.1, 0.15) is 17.9 Å². The van der Waals surface area contributed by atoms with Gasteiger partial charge in [0.05, 0.1) is 11.1 Å². The van der Waals surface area contributed by atoms with Crippen LogP contribution in [0.1, 0.15) is 45.7 Å². The van der Waals surface area contributed by atoms with E-state index in [0.717, 1.165) is 0 Å². The number of ether oxygens (including phenoxy) is 1. The van der Waals surface area contributed by atoms with E-state index in [1.807, 2.05) is 6.92 Å². The average Bonchev–Trinajstić information content (AvgIpc) is 2.44. The molecule has 8 heteroatoms. The first-order valence-corrected chi connectivity index (χ1v) is 8.23. The van der Waals surface area contributed by atoms with Crippen LogP contribution >= 0.6 is 23.2 Å². The smallest absolute Gasteiger partial charge is 0.408 e. The van der Waals surface area contributed by atoms with Crippen LogP contribution in [0.4, 0.5) is 4.79 Å². The lowest BCUT2D eigenvalue weighted by molar-refractivity contribution is -0.121. The second-order valence-corrected chi connectivity index (χ2v) is 7.05. The number of carbonyl (C=O) groups excluding carboxylic acids is 2. The summed E-state index contributed by atoms with van der Waals surface area (Å²) >= 11 is 11.8. The summed E-state index contributed by atoms with van der Waals surface area (Å²) in [5.74, 6) is -0.559. The molecular formula is C16H22Cl2N2O4. The summed E-state index contributed by atoms with van der Waals surface area (Å²) < 4.78 is 5.05. The molecule has 1 aromatic carbocycles. The molecule has 0 spiro atoms. The summed E-state index contributed by atoms with van der Waals surface area (Å²) in [5.41, 5.74) is -0.226. The van der Waals surface area contributed by atoms with Crippen molar-refractivity contribution in [2.45, 2.75) is 45.8 Å². The van der Waals surface area contributed by atoms with E-state index >= 15 is 0 Å². The van der Waals surface area contributed by atoms with Crippen LogP contribution in [0, 0.1) is 0 Å². The zero-order valence-corrected chi connectivity index (χ0v) is 15.6. The number of nitrogens with one attached hydrogen (secondary N) is 2. The highest BCUT2D eigenvalue weighted by Crippen LogP contribution is 2.35. The number of phenolic OH excluding ortho intramolecular Hbond substituents is 1. The second-order valence-electron chi connectivity index (χ2n) is 6.21. The van der Waals surface area contributed by atoms with E-state index in [4.69, 9.17) is 27.9 Å². The quantitative estimate of drug-likeness (QED) is 0.729. The molecule has 0 bridgehead atoms. The predicted molar refractivity (Wildman–Crippen MR) is 93.5 cm³/mol. The van der Waals surface area contributed by atoms with Crippen LogP contribution in [0.5, 0.6) is 5.75 Å². The van der Waals surface area contributed by atoms with Gasteiger partial charge >= 0.3 is 6.09 Å². The Balaban J connectivity index is 2.69. The fourth-order valence-electron chi connectivity index (χ4n) is 1.96. The zero-order chi connectivity index (χ0) is 18.5. The second kappa shape index (κ2) is 8.44. The van der Waals surface area contributed by atoms with E-state index in [1.54, 1.807) is 26.8 Å². The molecule has 134 valence electrons. The van der Waals surface area contributed by atoms with Crippen molar-refractivity contribution in [3.63, 3.8) is 0 Å². The fourth-order valence-corrected chi connectivity index (χ4v) is 2.47. The molecule has 1 rings (SSSR count). The number of aromatic hydroxyl groups is 1. The molecular weight excluding hydrogens is 355 g/mol. The predicted octanol–water partition coefficient (Wildman–Crippen LogP) is 3.79. The van der Waals surface area contributed by atoms with Crippen molar-refractivity contribution in [1.82, 2.24) is 10.6 Å². The highest BCUT2D eigenvalue weighted by Gasteiger charge is 2.20. The van der Waals surface area contributed by atoms with Crippen molar-refractivity contribution < 1.29 is 19.4 Å². The summed E-state index contributed by atoms with van der Waals surface area (Å²) in [5, 5.41) is 15.6. The van der Waals surface area contributed by atoms with Crippen LogP contribution in [0.25, 0.3) is 0 Å². The molecule has 3 N–H and O–H groups in total. The number of amides is 2. The van der Waals surface area contributed by atoms with E-state index < -0.39 is 23.6 Å². The van der Waals surface area contributed by atoms with Gasteiger partial charge in [-0.25, -0.2) is 4.79 Å². The van der Waals surface area contributed by atoms with E-state index in [2.05, 4.69) is 10.6 Å². The van der Waals surface area contributed by atoms with Crippen LogP contribution in [-0.4, -0.2) is 29.3 Å². The van der Waals surface area contributed by atoms with Crippen molar-refractivity contribution in [3.8, 4) is 5.75 Å². The molecule has 0 aliphatic carbocycles. The van der Waals surface area contributed by atoms with Gasteiger partial charge in [-0.3, -0.25) is 4.79 Å². The van der Waals surface area contributed by atoms with Crippen LogP contribution in [0.2, 0.25) is 10.0 Å². The number of carbonyl (C=O) groups is 2. The van der Waals surface area contributed by atoms with Gasteiger partial charge in [-0.15, -0.1) is 0 Å². The number of phenols is 1. The summed E-state index contributed by atoms with van der Waals surface area (Å²) in [6, 6.07) is 2.47. The molecule has 1 aromatic rings. The van der Waals surface area contributed by atoms with E-state index in [9.17, 15) is 14.7 Å². The molecule has 0 saturated carbocycles. The molecule has 0 aromatic heterocycles. The van der Waals surface area contributed by atoms with E-state index in [-0.39, 0.29) is 17.3 Å². The third-order valence-corrected chi connectivity index (χ3v) is 3.48. The standard InChI is InChI=1S/C16H22Cl2N2O4/c1-5-12(10-6-9(17)7-11(18)14(10)22)20-13(21)8-19-15(23)24-16(2,3)4/h6-7,12,22H,5,8H2,1-4H3,(H,19,23)(H,20,21)/t12-/m0/s1. The molecule has 0 saturated heterocycles. The Kier molecular flexibility index (Phi) is 7.17. The van der Waals surface area contributed by atoms with Crippen LogP contribution in [-0.2, 0) is 9.53 Å². The van der Waals surface area contributed by atoms with E-state index in [0.29, 0.717) is 17.0 Å². The summed E-state index contributed by atoms with van der Waals surface area (Å²) in [6.45, 7) is 6.77. The Bertz CT molecular complexity index is 615. The number of halogens is 2. The third-order valence-electron chi connectivity index (χ3n) is 2.97. The van der Waals surface area contributed by atoms with Crippen molar-refractivity contribution in [2.75, 3.05) is 6.54 Å². The highest BCUT2D eigenvalue weighted by atomic mass is 35.5. The number of benzene rings is 1. The number of hydrogen-bond donors (Lipinski definition) is 3. The van der Waals surface area contributed by atoms with Crippen molar-refractivity contribution in [2.24, 2.45) is 0 Å². The van der Waals surface area contributed by atoms with Gasteiger partial charge in [0.15, 0.2) is 0 Å². The van der Waals surface area contributed by atoms with Gasteiger partial charge in [-0.2, -0.15) is 0 Å². The Morgan fingerprint density at radius 3 is 2.46 bits per heavy atom. The third kappa shape index (κ3) is 6.45. The minimum Gasteiger partial charge on any atom is -0.506 e. The Morgan fingerprint density at radius 1 is 1.29 bits per heavy atom. The molecule has 0 radical (unpaired) electrons. The SMILES string of the molecule is CC[C@H](NC(=O)CNC(=O)OC(C)(C)C)c1cc(Cl)cc(Cl)c1O. The molecule has 24 heavy (non-hydrogen) atoms. The Hall–Kier alpha value is -1.66. The molecule has 6 nitrogen and oxygen atoms in total. The molecule has 0 fully saturated rings. The van der Waals surface area contributed by atoms with Gasteiger partial charge in [0, 0.05) is 10.6 Å². The average molecular weight is 377 g/mol. The maximum absolute atomic E-state index is 12.0. The van der Waals surface area contributed by atoms with Crippen molar-refractivity contribution in [1.29, 1.82) is 0 Å². The zero-order valence-electron chi connectivity index (χ0n) is 14.1. The fraction of sp³-hybridized carbons (Fsp3) is 0.500. The lowest BCUT2D eigenvalue weighted by atomic mass is 10.0. The van der Waals surface area contributed by atoms with Gasteiger partial charge in [0.25, 0.3) is 0 Å². The summed E-state index contributed by atoms with van der Waals surface area (Å²) in [7, 11) is 0. The Morgan fingerprint density at radius 2 is 1.92 bits per heavy atom. The molecule has 0 aliphatic heterocycles. The van der Waals surface area contributed by atoms with Gasteiger partial charge < -0.3 is 20.5 Å². The number of alkyl carbamates (subject to hydrolysis) is 1.